The van der Waals surface area contributed by atoms with Crippen LogP contribution in [-0.2, 0) is 9.59 Å². The summed E-state index contributed by atoms with van der Waals surface area (Å²) in [4.78, 5) is 38.2. The fourth-order valence-electron chi connectivity index (χ4n) is 2.70. The number of hydrogen-bond donors (Lipinski definition) is 1. The van der Waals surface area contributed by atoms with Crippen LogP contribution in [-0.4, -0.2) is 42.2 Å². The standard InChI is InChI=1S/C22H18Cl2N2O4S/c1-30-17-7-2-14(3-8-17)12-19-21(28)26(22(29)31-19)11-10-25-20(27)9-5-15-4-6-16(23)13-18(15)24/h2-9,12-13H,10-11H2,1H3,(H,25,27)/b9-5+,19-12+. The molecular weight excluding hydrogens is 459 g/mol. The number of halogens is 2. The number of carbonyl (C=O) groups is 3. The first-order valence-corrected chi connectivity index (χ1v) is 10.7. The molecule has 0 bridgehead atoms. The predicted molar refractivity (Wildman–Crippen MR) is 124 cm³/mol. The third kappa shape index (κ3) is 6.13. The Balaban J connectivity index is 1.53. The van der Waals surface area contributed by atoms with Crippen molar-refractivity contribution in [1.82, 2.24) is 10.2 Å². The molecule has 0 atom stereocenters. The second-order valence-electron chi connectivity index (χ2n) is 6.40. The Kier molecular flexibility index (Phi) is 7.79. The van der Waals surface area contributed by atoms with Crippen LogP contribution >= 0.6 is 35.0 Å². The molecule has 0 aromatic heterocycles. The minimum atomic E-state index is -0.386. The van der Waals surface area contributed by atoms with Crippen molar-refractivity contribution >= 4 is 64.2 Å². The Morgan fingerprint density at radius 2 is 1.90 bits per heavy atom. The van der Waals surface area contributed by atoms with Gasteiger partial charge < -0.3 is 10.1 Å². The lowest BCUT2D eigenvalue weighted by Gasteiger charge is -2.12. The number of rotatable bonds is 7. The number of methoxy groups -OCH3 is 1. The fourth-order valence-corrected chi connectivity index (χ4v) is 4.03. The van der Waals surface area contributed by atoms with Gasteiger partial charge in [0, 0.05) is 29.2 Å². The zero-order valence-corrected chi connectivity index (χ0v) is 18.8. The number of hydrogen-bond acceptors (Lipinski definition) is 5. The quantitative estimate of drug-likeness (QED) is 0.576. The molecule has 1 aliphatic rings. The van der Waals surface area contributed by atoms with Crippen LogP contribution in [0, 0.1) is 0 Å². The molecule has 0 spiro atoms. The molecule has 0 radical (unpaired) electrons. The summed E-state index contributed by atoms with van der Waals surface area (Å²) >= 11 is 12.8. The summed E-state index contributed by atoms with van der Waals surface area (Å²) in [6, 6.07) is 12.1. The van der Waals surface area contributed by atoms with E-state index in [2.05, 4.69) is 5.32 Å². The van der Waals surface area contributed by atoms with E-state index in [0.717, 1.165) is 22.2 Å². The molecule has 0 saturated carbocycles. The van der Waals surface area contributed by atoms with Crippen molar-refractivity contribution in [3.8, 4) is 5.75 Å². The molecule has 9 heteroatoms. The van der Waals surface area contributed by atoms with Gasteiger partial charge in [-0.1, -0.05) is 41.4 Å². The molecule has 1 fully saturated rings. The third-order valence-corrected chi connectivity index (χ3v) is 5.77. The van der Waals surface area contributed by atoms with Crippen LogP contribution in [0.5, 0.6) is 5.75 Å². The lowest BCUT2D eigenvalue weighted by Crippen LogP contribution is -2.36. The van der Waals surface area contributed by atoms with Gasteiger partial charge in [-0.05, 0) is 59.3 Å². The molecule has 3 amide bonds. The number of imide groups is 1. The van der Waals surface area contributed by atoms with Gasteiger partial charge in [0.1, 0.15) is 5.75 Å². The maximum Gasteiger partial charge on any atom is 0.293 e. The maximum atomic E-state index is 12.5. The highest BCUT2D eigenvalue weighted by Crippen LogP contribution is 2.32. The molecule has 0 unspecified atom stereocenters. The Hall–Kier alpha value is -2.74. The normalized spacial score (nSPS) is 15.2. The summed E-state index contributed by atoms with van der Waals surface area (Å²) in [6.07, 6.45) is 4.54. The summed E-state index contributed by atoms with van der Waals surface area (Å²) in [5.74, 6) is -0.0521. The number of thioether (sulfide) groups is 1. The molecule has 1 saturated heterocycles. The number of benzene rings is 2. The molecule has 6 nitrogen and oxygen atoms in total. The van der Waals surface area contributed by atoms with Crippen molar-refractivity contribution in [2.24, 2.45) is 0 Å². The van der Waals surface area contributed by atoms with Crippen LogP contribution in [0.2, 0.25) is 10.0 Å². The molecular formula is C22H18Cl2N2O4S. The van der Waals surface area contributed by atoms with Gasteiger partial charge in [0.25, 0.3) is 11.1 Å². The van der Waals surface area contributed by atoms with Crippen molar-refractivity contribution in [2.75, 3.05) is 20.2 Å². The Labute approximate surface area is 193 Å². The van der Waals surface area contributed by atoms with Gasteiger partial charge in [0.2, 0.25) is 5.91 Å². The van der Waals surface area contributed by atoms with Gasteiger partial charge in [-0.25, -0.2) is 0 Å². The summed E-state index contributed by atoms with van der Waals surface area (Å²) in [7, 11) is 1.57. The van der Waals surface area contributed by atoms with E-state index in [-0.39, 0.29) is 30.1 Å². The summed E-state index contributed by atoms with van der Waals surface area (Å²) in [5.41, 5.74) is 1.43. The molecule has 160 valence electrons. The molecule has 1 heterocycles. The van der Waals surface area contributed by atoms with Crippen LogP contribution in [0.4, 0.5) is 4.79 Å². The third-order valence-electron chi connectivity index (χ3n) is 4.30. The van der Waals surface area contributed by atoms with E-state index in [1.807, 2.05) is 0 Å². The molecule has 1 aliphatic heterocycles. The topological polar surface area (TPSA) is 75.7 Å². The van der Waals surface area contributed by atoms with Crippen LogP contribution < -0.4 is 10.1 Å². The van der Waals surface area contributed by atoms with Crippen molar-refractivity contribution in [1.29, 1.82) is 0 Å². The van der Waals surface area contributed by atoms with E-state index < -0.39 is 0 Å². The fraction of sp³-hybridized carbons (Fsp3) is 0.136. The number of carbonyl (C=O) groups excluding carboxylic acids is 3. The summed E-state index contributed by atoms with van der Waals surface area (Å²) < 4.78 is 5.10. The number of amides is 3. The van der Waals surface area contributed by atoms with Gasteiger partial charge in [-0.2, -0.15) is 0 Å². The average molecular weight is 477 g/mol. The number of nitrogens with zero attached hydrogens (tertiary/aromatic N) is 1. The van der Waals surface area contributed by atoms with E-state index in [1.54, 1.807) is 61.7 Å². The van der Waals surface area contributed by atoms with E-state index >= 15 is 0 Å². The van der Waals surface area contributed by atoms with Crippen molar-refractivity contribution in [2.45, 2.75) is 0 Å². The smallest absolute Gasteiger partial charge is 0.293 e. The summed E-state index contributed by atoms with van der Waals surface area (Å²) in [5, 5.41) is 3.21. The zero-order valence-electron chi connectivity index (χ0n) is 16.4. The molecule has 31 heavy (non-hydrogen) atoms. The second kappa shape index (κ2) is 10.5. The SMILES string of the molecule is COc1ccc(/C=C2/SC(=O)N(CCNC(=O)/C=C/c3ccc(Cl)cc3Cl)C2=O)cc1. The Morgan fingerprint density at radius 1 is 1.16 bits per heavy atom. The molecule has 2 aromatic carbocycles. The van der Waals surface area contributed by atoms with Gasteiger partial charge in [0.15, 0.2) is 0 Å². The second-order valence-corrected chi connectivity index (χ2v) is 8.23. The van der Waals surface area contributed by atoms with E-state index in [4.69, 9.17) is 27.9 Å². The van der Waals surface area contributed by atoms with E-state index in [0.29, 0.717) is 26.3 Å². The molecule has 3 rings (SSSR count). The maximum absolute atomic E-state index is 12.5. The van der Waals surface area contributed by atoms with Gasteiger partial charge in [-0.15, -0.1) is 0 Å². The monoisotopic (exact) mass is 476 g/mol. The van der Waals surface area contributed by atoms with Crippen LogP contribution in [0.3, 0.4) is 0 Å². The average Bonchev–Trinajstić information content (AvgIpc) is 3.01. The number of ether oxygens (including phenoxy) is 1. The Morgan fingerprint density at radius 3 is 2.58 bits per heavy atom. The first-order chi connectivity index (χ1) is 14.9. The molecule has 1 N–H and O–H groups in total. The minimum Gasteiger partial charge on any atom is -0.497 e. The van der Waals surface area contributed by atoms with Crippen molar-refractivity contribution in [3.63, 3.8) is 0 Å². The van der Waals surface area contributed by atoms with Gasteiger partial charge in [0.05, 0.1) is 12.0 Å². The molecule has 2 aromatic rings. The van der Waals surface area contributed by atoms with Gasteiger partial charge in [-0.3, -0.25) is 19.3 Å². The predicted octanol–water partition coefficient (Wildman–Crippen LogP) is 4.87. The molecule has 0 aliphatic carbocycles. The highest BCUT2D eigenvalue weighted by molar-refractivity contribution is 8.18. The number of nitrogens with one attached hydrogen (secondary N) is 1. The highest BCUT2D eigenvalue weighted by atomic mass is 35.5. The lowest BCUT2D eigenvalue weighted by atomic mass is 10.2. The Bertz CT molecular complexity index is 1070. The van der Waals surface area contributed by atoms with E-state index in [9.17, 15) is 14.4 Å². The highest BCUT2D eigenvalue weighted by Gasteiger charge is 2.34. The lowest BCUT2D eigenvalue weighted by molar-refractivity contribution is -0.123. The van der Waals surface area contributed by atoms with Crippen molar-refractivity contribution in [3.05, 3.63) is 74.6 Å². The minimum absolute atomic E-state index is 0.0753. The van der Waals surface area contributed by atoms with Crippen LogP contribution in [0.1, 0.15) is 11.1 Å². The van der Waals surface area contributed by atoms with Crippen molar-refractivity contribution < 1.29 is 19.1 Å². The summed E-state index contributed by atoms with van der Waals surface area (Å²) in [6.45, 7) is 0.206. The first-order valence-electron chi connectivity index (χ1n) is 9.18. The largest absolute Gasteiger partial charge is 0.497 e. The van der Waals surface area contributed by atoms with Crippen LogP contribution in [0.15, 0.2) is 53.4 Å². The first kappa shape index (κ1) is 22.9. The van der Waals surface area contributed by atoms with Gasteiger partial charge >= 0.3 is 0 Å². The van der Waals surface area contributed by atoms with Crippen LogP contribution in [0.25, 0.3) is 12.2 Å². The van der Waals surface area contributed by atoms with E-state index in [1.165, 1.54) is 6.08 Å². The zero-order chi connectivity index (χ0) is 22.4.